The molecule has 196 valence electrons. The molecule has 0 spiro atoms. The number of azide groups is 1. The van der Waals surface area contributed by atoms with Crippen molar-refractivity contribution in [3.05, 3.63) is 46.3 Å². The summed E-state index contributed by atoms with van der Waals surface area (Å²) < 4.78 is 33.9. The van der Waals surface area contributed by atoms with E-state index in [1.807, 2.05) is 18.2 Å². The van der Waals surface area contributed by atoms with E-state index in [0.29, 0.717) is 0 Å². The molecule has 1 aliphatic rings. The van der Waals surface area contributed by atoms with Crippen LogP contribution in [0.2, 0.25) is 0 Å². The Hall–Kier alpha value is -3.24. The van der Waals surface area contributed by atoms with Crippen LogP contribution in [0.3, 0.4) is 0 Å². The van der Waals surface area contributed by atoms with Crippen molar-refractivity contribution in [2.75, 3.05) is 32.5 Å². The van der Waals surface area contributed by atoms with E-state index >= 15 is 0 Å². The molecule has 36 heavy (non-hydrogen) atoms. The van der Waals surface area contributed by atoms with Crippen LogP contribution in [0.1, 0.15) is 25.8 Å². The zero-order valence-electron chi connectivity index (χ0n) is 20.1. The van der Waals surface area contributed by atoms with Crippen molar-refractivity contribution in [1.82, 2.24) is 4.90 Å². The quantitative estimate of drug-likeness (QED) is 0.0460. The Labute approximate surface area is 208 Å². The number of carbonyl (C=O) groups excluding carboxylic acids is 4. The molecular formula is C22H29N4O9P. The molecular weight excluding hydrogens is 495 g/mol. The van der Waals surface area contributed by atoms with Crippen molar-refractivity contribution < 1.29 is 42.3 Å². The third kappa shape index (κ3) is 9.09. The summed E-state index contributed by atoms with van der Waals surface area (Å²) in [5.74, 6) is -2.74. The fourth-order valence-electron chi connectivity index (χ4n) is 3.40. The molecule has 1 aromatic rings. The van der Waals surface area contributed by atoms with Gasteiger partial charge >= 0.3 is 19.5 Å². The van der Waals surface area contributed by atoms with E-state index in [1.54, 1.807) is 19.1 Å². The molecule has 2 rings (SSSR count). The molecule has 13 nitrogen and oxygen atoms in total. The first-order valence-corrected chi connectivity index (χ1v) is 13.0. The van der Waals surface area contributed by atoms with Crippen molar-refractivity contribution in [2.45, 2.75) is 39.0 Å². The number of ether oxygens (including phenoxy) is 2. The van der Waals surface area contributed by atoms with E-state index in [9.17, 15) is 23.7 Å². The van der Waals surface area contributed by atoms with Crippen LogP contribution in [0.4, 0.5) is 0 Å². The summed E-state index contributed by atoms with van der Waals surface area (Å²) in [5, 5.41) is 3.49. The highest BCUT2D eigenvalue weighted by molar-refractivity contribution is 7.54. The van der Waals surface area contributed by atoms with Gasteiger partial charge in [-0.1, -0.05) is 35.4 Å². The van der Waals surface area contributed by atoms with Gasteiger partial charge in [0.2, 0.25) is 12.2 Å². The van der Waals surface area contributed by atoms with Crippen molar-refractivity contribution in [1.29, 1.82) is 0 Å². The SMILES string of the molecule is CCOP(=O)(CC1CN(CCC(COC(=O)C=O)N=[N+]=[N-])C1=O)OC(C)C(=O)OCc1ccccc1. The van der Waals surface area contributed by atoms with E-state index < -0.39 is 37.6 Å². The molecule has 1 aromatic carbocycles. The Morgan fingerprint density at radius 1 is 1.31 bits per heavy atom. The number of β-lactam (4-membered cyclic amide) rings is 1. The number of hydrogen-bond donors (Lipinski definition) is 0. The first-order chi connectivity index (χ1) is 17.2. The largest absolute Gasteiger partial charge is 0.460 e. The molecule has 14 heteroatoms. The molecule has 1 aliphatic heterocycles. The van der Waals surface area contributed by atoms with Crippen LogP contribution in [0.15, 0.2) is 35.4 Å². The molecule has 4 unspecified atom stereocenters. The van der Waals surface area contributed by atoms with Gasteiger partial charge in [-0.05, 0) is 31.4 Å². The fourth-order valence-corrected chi connectivity index (χ4v) is 5.43. The molecule has 1 saturated heterocycles. The Balaban J connectivity index is 1.85. The van der Waals surface area contributed by atoms with E-state index in [2.05, 4.69) is 14.8 Å². The lowest BCUT2D eigenvalue weighted by Crippen LogP contribution is -2.54. The number of amides is 1. The lowest BCUT2D eigenvalue weighted by atomic mass is 10.0. The topological polar surface area (TPSA) is 174 Å². The second-order valence-corrected chi connectivity index (χ2v) is 9.98. The number of nitrogens with zero attached hydrogens (tertiary/aromatic N) is 4. The Bertz CT molecular complexity index is 1020. The number of rotatable bonds is 16. The predicted molar refractivity (Wildman–Crippen MR) is 126 cm³/mol. The van der Waals surface area contributed by atoms with Gasteiger partial charge in [-0.25, -0.2) is 9.59 Å². The summed E-state index contributed by atoms with van der Waals surface area (Å²) in [7, 11) is -3.79. The van der Waals surface area contributed by atoms with E-state index in [1.165, 1.54) is 11.8 Å². The molecule has 0 aliphatic carbocycles. The molecule has 1 amide bonds. The maximum absolute atomic E-state index is 13.2. The number of likely N-dealkylation sites (tertiary alicyclic amines) is 1. The lowest BCUT2D eigenvalue weighted by molar-refractivity contribution is -0.153. The summed E-state index contributed by atoms with van der Waals surface area (Å²) in [4.78, 5) is 50.3. The van der Waals surface area contributed by atoms with E-state index in [-0.39, 0.29) is 57.7 Å². The maximum atomic E-state index is 13.2. The van der Waals surface area contributed by atoms with Crippen molar-refractivity contribution in [3.8, 4) is 0 Å². The third-order valence-corrected chi connectivity index (χ3v) is 7.38. The lowest BCUT2D eigenvalue weighted by Gasteiger charge is -2.40. The van der Waals surface area contributed by atoms with E-state index in [0.717, 1.165) is 5.56 Å². The average Bonchev–Trinajstić information content (AvgIpc) is 2.87. The van der Waals surface area contributed by atoms with Gasteiger partial charge < -0.3 is 18.9 Å². The molecule has 4 atom stereocenters. The van der Waals surface area contributed by atoms with Crippen LogP contribution in [0, 0.1) is 5.92 Å². The smallest absolute Gasteiger partial charge is 0.371 e. The van der Waals surface area contributed by atoms with Crippen molar-refractivity contribution >= 4 is 31.7 Å². The van der Waals surface area contributed by atoms with Gasteiger partial charge in [0, 0.05) is 18.0 Å². The molecule has 0 bridgehead atoms. The van der Waals surface area contributed by atoms with Crippen LogP contribution < -0.4 is 0 Å². The van der Waals surface area contributed by atoms with Crippen LogP contribution in [0.25, 0.3) is 10.4 Å². The summed E-state index contributed by atoms with van der Waals surface area (Å²) in [6.07, 6.45) is -1.18. The standard InChI is InChI=1S/C22H29N4O9P/c1-3-34-36(31,35-16(2)22(30)33-13-17-7-5-4-6-8-17)15-18-11-26(21(18)29)10-9-19(24-25-23)14-32-20(28)12-27/h4-8,12,16,18-19H,3,9-11,13-15H2,1-2H3. The Kier molecular flexibility index (Phi) is 11.6. The summed E-state index contributed by atoms with van der Waals surface area (Å²) in [5.41, 5.74) is 9.43. The Morgan fingerprint density at radius 2 is 2.03 bits per heavy atom. The number of benzene rings is 1. The average molecular weight is 524 g/mol. The van der Waals surface area contributed by atoms with Gasteiger partial charge in [-0.2, -0.15) is 0 Å². The van der Waals surface area contributed by atoms with Gasteiger partial charge in [0.05, 0.1) is 24.7 Å². The highest BCUT2D eigenvalue weighted by atomic mass is 31.2. The second-order valence-electron chi connectivity index (χ2n) is 7.93. The molecule has 0 saturated carbocycles. The predicted octanol–water partition coefficient (Wildman–Crippen LogP) is 2.63. The highest BCUT2D eigenvalue weighted by Gasteiger charge is 2.43. The minimum absolute atomic E-state index is 0.000719. The van der Waals surface area contributed by atoms with Crippen LogP contribution >= 0.6 is 7.60 Å². The molecule has 0 N–H and O–H groups in total. The Morgan fingerprint density at radius 3 is 2.64 bits per heavy atom. The van der Waals surface area contributed by atoms with Gasteiger partial charge in [0.25, 0.3) is 0 Å². The van der Waals surface area contributed by atoms with Gasteiger partial charge in [-0.15, -0.1) is 0 Å². The number of aldehydes is 1. The minimum atomic E-state index is -3.79. The van der Waals surface area contributed by atoms with E-state index in [4.69, 9.17) is 19.3 Å². The molecule has 1 fully saturated rings. The molecule has 1 heterocycles. The van der Waals surface area contributed by atoms with Crippen LogP contribution in [-0.4, -0.2) is 73.6 Å². The number of esters is 2. The van der Waals surface area contributed by atoms with Crippen LogP contribution in [0.5, 0.6) is 0 Å². The zero-order valence-corrected chi connectivity index (χ0v) is 21.0. The fraction of sp³-hybridized carbons (Fsp3) is 0.545. The monoisotopic (exact) mass is 524 g/mol. The normalized spacial score (nSPS) is 18.1. The molecule has 0 aromatic heterocycles. The summed E-state index contributed by atoms with van der Waals surface area (Å²) >= 11 is 0. The van der Waals surface area contributed by atoms with Crippen LogP contribution in [-0.2, 0) is 48.9 Å². The zero-order chi connectivity index (χ0) is 26.6. The highest BCUT2D eigenvalue weighted by Crippen LogP contribution is 2.52. The maximum Gasteiger partial charge on any atom is 0.371 e. The van der Waals surface area contributed by atoms with Crippen molar-refractivity contribution in [3.63, 3.8) is 0 Å². The third-order valence-electron chi connectivity index (χ3n) is 5.21. The number of carbonyl (C=O) groups is 4. The van der Waals surface area contributed by atoms with Gasteiger partial charge in [-0.3, -0.25) is 18.7 Å². The van der Waals surface area contributed by atoms with Gasteiger partial charge in [0.1, 0.15) is 13.2 Å². The minimum Gasteiger partial charge on any atom is -0.460 e. The first-order valence-electron chi connectivity index (χ1n) is 11.3. The second kappa shape index (κ2) is 14.4. The first kappa shape index (κ1) is 29.0. The van der Waals surface area contributed by atoms with Gasteiger partial charge in [0.15, 0.2) is 6.10 Å². The van der Waals surface area contributed by atoms with Crippen molar-refractivity contribution in [2.24, 2.45) is 11.0 Å². The molecule has 0 radical (unpaired) electrons. The number of hydrogen-bond acceptors (Lipinski definition) is 10. The summed E-state index contributed by atoms with van der Waals surface area (Å²) in [6.45, 7) is 3.27. The summed E-state index contributed by atoms with van der Waals surface area (Å²) in [6, 6.07) is 8.29.